The van der Waals surface area contributed by atoms with Crippen molar-refractivity contribution >= 4 is 22.5 Å². The fourth-order valence-corrected chi connectivity index (χ4v) is 3.77. The van der Waals surface area contributed by atoms with E-state index in [1.807, 2.05) is 24.3 Å². The molecule has 0 saturated heterocycles. The Morgan fingerprint density at radius 2 is 1.77 bits per heavy atom. The Balaban J connectivity index is 1.30. The highest BCUT2D eigenvalue weighted by molar-refractivity contribution is 5.88. The zero-order valence-electron chi connectivity index (χ0n) is 16.0. The van der Waals surface area contributed by atoms with Crippen molar-refractivity contribution < 1.29 is 9.13 Å². The van der Waals surface area contributed by atoms with E-state index in [0.29, 0.717) is 23.1 Å². The van der Waals surface area contributed by atoms with Gasteiger partial charge in [-0.25, -0.2) is 9.37 Å². The van der Waals surface area contributed by atoms with Crippen molar-refractivity contribution in [3.8, 4) is 11.8 Å². The molecule has 7 nitrogen and oxygen atoms in total. The van der Waals surface area contributed by atoms with E-state index in [-0.39, 0.29) is 17.7 Å². The third kappa shape index (κ3) is 3.36. The lowest BCUT2D eigenvalue weighted by Crippen LogP contribution is -2.21. The van der Waals surface area contributed by atoms with Gasteiger partial charge in [-0.3, -0.25) is 4.98 Å². The van der Waals surface area contributed by atoms with Gasteiger partial charge in [-0.15, -0.1) is 0 Å². The predicted molar refractivity (Wildman–Crippen MR) is 112 cm³/mol. The molecule has 1 aliphatic carbocycles. The maximum absolute atomic E-state index is 14.7. The number of benzene rings is 2. The number of hydrogen-bond donors (Lipinski definition) is 2. The van der Waals surface area contributed by atoms with Gasteiger partial charge < -0.3 is 16.2 Å². The Bertz CT molecular complexity index is 1220. The summed E-state index contributed by atoms with van der Waals surface area (Å²) in [5, 5.41) is 0.728. The topological polar surface area (TPSA) is 113 Å². The number of anilines is 2. The van der Waals surface area contributed by atoms with Gasteiger partial charge in [-0.1, -0.05) is 18.2 Å². The monoisotopic (exact) mass is 402 g/mol. The molecule has 0 spiro atoms. The number of halogens is 1. The molecule has 0 radical (unpaired) electrons. The van der Waals surface area contributed by atoms with E-state index in [2.05, 4.69) is 19.9 Å². The normalized spacial score (nSPS) is 18.2. The Labute approximate surface area is 172 Å². The lowest BCUT2D eigenvalue weighted by atomic mass is 9.70. The fraction of sp³-hybridized carbons (Fsp3) is 0.182. The van der Waals surface area contributed by atoms with Gasteiger partial charge >= 0.3 is 6.01 Å². The molecule has 150 valence electrons. The second-order valence-corrected chi connectivity index (χ2v) is 7.43. The van der Waals surface area contributed by atoms with Crippen LogP contribution in [0.2, 0.25) is 0 Å². The Hall–Kier alpha value is -3.81. The summed E-state index contributed by atoms with van der Waals surface area (Å²) in [4.78, 5) is 16.9. The van der Waals surface area contributed by atoms with Crippen LogP contribution in [-0.4, -0.2) is 19.9 Å². The Morgan fingerprint density at radius 1 is 0.933 bits per heavy atom. The second kappa shape index (κ2) is 7.22. The molecule has 0 atom stereocenters. The molecule has 4 N–H and O–H groups in total. The molecule has 2 heterocycles. The minimum atomic E-state index is -0.460. The highest BCUT2D eigenvalue weighted by Crippen LogP contribution is 2.47. The van der Waals surface area contributed by atoms with E-state index in [4.69, 9.17) is 16.2 Å². The zero-order valence-corrected chi connectivity index (χ0v) is 16.0. The average molecular weight is 402 g/mol. The van der Waals surface area contributed by atoms with Gasteiger partial charge in [-0.05, 0) is 48.6 Å². The highest BCUT2D eigenvalue weighted by Gasteiger charge is 2.33. The van der Waals surface area contributed by atoms with Crippen molar-refractivity contribution in [3.05, 3.63) is 71.9 Å². The lowest BCUT2D eigenvalue weighted by Gasteiger charge is -2.35. The quantitative estimate of drug-likeness (QED) is 0.526. The van der Waals surface area contributed by atoms with Crippen LogP contribution in [0.25, 0.3) is 10.9 Å². The number of nitrogen functional groups attached to an aromatic ring is 2. The number of para-hydroxylation sites is 1. The smallest absolute Gasteiger partial charge is 0.324 e. The van der Waals surface area contributed by atoms with Crippen LogP contribution in [0.3, 0.4) is 0 Å². The van der Waals surface area contributed by atoms with E-state index in [1.54, 1.807) is 24.5 Å². The minimum Gasteiger partial charge on any atom is -0.421 e. The highest BCUT2D eigenvalue weighted by atomic mass is 19.1. The van der Waals surface area contributed by atoms with Crippen molar-refractivity contribution in [2.75, 3.05) is 11.5 Å². The second-order valence-electron chi connectivity index (χ2n) is 7.43. The van der Waals surface area contributed by atoms with Crippen LogP contribution in [-0.2, 0) is 0 Å². The standard InChI is InChI=1S/C22H19FN6O/c23-16-9-12(13-7-14(8-13)18-10-27-20(24)11-26-18)5-6-19(16)30-22-28-17-4-2-1-3-15(17)21(25)29-22/h1-6,9-11,13-14H,7-8H2,(H2,24,27)(H2,25,28,29). The number of nitrogens with zero attached hydrogens (tertiary/aromatic N) is 4. The molecule has 0 bridgehead atoms. The van der Waals surface area contributed by atoms with Gasteiger partial charge in [-0.2, -0.15) is 9.97 Å². The van der Waals surface area contributed by atoms with Crippen molar-refractivity contribution in [1.82, 2.24) is 19.9 Å². The van der Waals surface area contributed by atoms with Gasteiger partial charge in [0.2, 0.25) is 0 Å². The van der Waals surface area contributed by atoms with Gasteiger partial charge in [0.05, 0.1) is 23.6 Å². The fourth-order valence-electron chi connectivity index (χ4n) is 3.77. The zero-order chi connectivity index (χ0) is 20.7. The molecule has 0 aliphatic heterocycles. The van der Waals surface area contributed by atoms with E-state index >= 15 is 0 Å². The van der Waals surface area contributed by atoms with Crippen molar-refractivity contribution in [2.45, 2.75) is 24.7 Å². The van der Waals surface area contributed by atoms with Crippen LogP contribution in [0.5, 0.6) is 11.8 Å². The first kappa shape index (κ1) is 18.2. The Kier molecular flexibility index (Phi) is 4.39. The van der Waals surface area contributed by atoms with E-state index in [1.165, 1.54) is 6.07 Å². The third-order valence-electron chi connectivity index (χ3n) is 5.49. The summed E-state index contributed by atoms with van der Waals surface area (Å²) < 4.78 is 20.3. The van der Waals surface area contributed by atoms with Gasteiger partial charge in [0, 0.05) is 11.3 Å². The summed E-state index contributed by atoms with van der Waals surface area (Å²) in [6.45, 7) is 0. The summed E-state index contributed by atoms with van der Waals surface area (Å²) in [5.74, 6) is 0.886. The van der Waals surface area contributed by atoms with Crippen LogP contribution in [0.15, 0.2) is 54.9 Å². The first-order valence-corrected chi connectivity index (χ1v) is 9.64. The maximum atomic E-state index is 14.7. The third-order valence-corrected chi connectivity index (χ3v) is 5.49. The molecule has 0 unspecified atom stereocenters. The minimum absolute atomic E-state index is 0.0171. The number of aromatic nitrogens is 4. The van der Waals surface area contributed by atoms with Crippen molar-refractivity contribution in [1.29, 1.82) is 0 Å². The van der Waals surface area contributed by atoms with Crippen molar-refractivity contribution in [3.63, 3.8) is 0 Å². The lowest BCUT2D eigenvalue weighted by molar-refractivity contribution is 0.342. The first-order chi connectivity index (χ1) is 14.6. The molecule has 0 amide bonds. The van der Waals surface area contributed by atoms with Crippen LogP contribution in [0.4, 0.5) is 16.0 Å². The van der Waals surface area contributed by atoms with Crippen LogP contribution < -0.4 is 16.2 Å². The summed E-state index contributed by atoms with van der Waals surface area (Å²) in [6, 6.07) is 12.3. The van der Waals surface area contributed by atoms with Crippen LogP contribution in [0, 0.1) is 5.82 Å². The molecule has 5 rings (SSSR count). The number of nitrogens with two attached hydrogens (primary N) is 2. The molecule has 8 heteroatoms. The average Bonchev–Trinajstić information content (AvgIpc) is 2.70. The Morgan fingerprint density at radius 3 is 2.53 bits per heavy atom. The summed E-state index contributed by atoms with van der Waals surface area (Å²) in [6.07, 6.45) is 5.06. The molecule has 2 aromatic carbocycles. The summed E-state index contributed by atoms with van der Waals surface area (Å²) in [5.41, 5.74) is 14.0. The number of ether oxygens (including phenoxy) is 1. The molecule has 1 fully saturated rings. The van der Waals surface area contributed by atoms with E-state index in [9.17, 15) is 4.39 Å². The van der Waals surface area contributed by atoms with Crippen LogP contribution >= 0.6 is 0 Å². The van der Waals surface area contributed by atoms with E-state index in [0.717, 1.165) is 29.5 Å². The predicted octanol–water partition coefficient (Wildman–Crippen LogP) is 4.18. The van der Waals surface area contributed by atoms with E-state index < -0.39 is 5.82 Å². The van der Waals surface area contributed by atoms with Gasteiger partial charge in [0.15, 0.2) is 11.6 Å². The van der Waals surface area contributed by atoms with Gasteiger partial charge in [0.25, 0.3) is 0 Å². The molecule has 30 heavy (non-hydrogen) atoms. The first-order valence-electron chi connectivity index (χ1n) is 9.64. The SMILES string of the molecule is Nc1cnc(C2CC(c3ccc(Oc4nc(N)c5ccccc5n4)c(F)c3)C2)cn1. The molecule has 1 aliphatic rings. The molecular formula is C22H19FN6O. The summed E-state index contributed by atoms with van der Waals surface area (Å²) in [7, 11) is 0. The number of rotatable bonds is 4. The maximum Gasteiger partial charge on any atom is 0.324 e. The molecular weight excluding hydrogens is 383 g/mol. The largest absolute Gasteiger partial charge is 0.421 e. The summed E-state index contributed by atoms with van der Waals surface area (Å²) >= 11 is 0. The molecule has 2 aromatic heterocycles. The molecule has 4 aromatic rings. The van der Waals surface area contributed by atoms with Crippen LogP contribution in [0.1, 0.15) is 35.9 Å². The van der Waals surface area contributed by atoms with Gasteiger partial charge in [0.1, 0.15) is 11.6 Å². The van der Waals surface area contributed by atoms with Crippen molar-refractivity contribution in [2.24, 2.45) is 0 Å². The number of fused-ring (bicyclic) bond motifs is 1. The number of hydrogen-bond acceptors (Lipinski definition) is 7. The molecule has 1 saturated carbocycles.